The summed E-state index contributed by atoms with van der Waals surface area (Å²) in [5, 5.41) is 2.08. The molecule has 0 aliphatic carbocycles. The van der Waals surface area contributed by atoms with Crippen LogP contribution in [-0.2, 0) is 13.0 Å². The third-order valence-corrected chi connectivity index (χ3v) is 4.27. The first-order valence-corrected chi connectivity index (χ1v) is 6.93. The van der Waals surface area contributed by atoms with Crippen molar-refractivity contribution in [3.63, 3.8) is 0 Å². The zero-order valence-corrected chi connectivity index (χ0v) is 11.1. The van der Waals surface area contributed by atoms with Gasteiger partial charge in [0.15, 0.2) is 0 Å². The normalized spacial score (nSPS) is 14.1. The van der Waals surface area contributed by atoms with Crippen molar-refractivity contribution in [2.45, 2.75) is 13.0 Å². The molecule has 0 bridgehead atoms. The number of anilines is 1. The molecule has 19 heavy (non-hydrogen) atoms. The zero-order valence-electron chi connectivity index (χ0n) is 10.3. The summed E-state index contributed by atoms with van der Waals surface area (Å²) in [5.41, 5.74) is 4.33. The van der Waals surface area contributed by atoms with Gasteiger partial charge in [-0.15, -0.1) is 11.3 Å². The van der Waals surface area contributed by atoms with Crippen LogP contribution in [0.5, 0.6) is 0 Å². The Morgan fingerprint density at radius 2 is 2.37 bits per heavy atom. The van der Waals surface area contributed by atoms with Crippen LogP contribution in [0.25, 0.3) is 0 Å². The van der Waals surface area contributed by atoms with Crippen molar-refractivity contribution in [2.75, 3.05) is 12.0 Å². The van der Waals surface area contributed by atoms with Crippen molar-refractivity contribution in [2.24, 2.45) is 5.84 Å². The van der Waals surface area contributed by atoms with Crippen LogP contribution in [0.4, 0.5) is 5.82 Å². The maximum Gasteiger partial charge on any atom is 0.254 e. The summed E-state index contributed by atoms with van der Waals surface area (Å²) < 4.78 is 0. The first-order valence-electron chi connectivity index (χ1n) is 6.05. The molecule has 1 aliphatic heterocycles. The summed E-state index contributed by atoms with van der Waals surface area (Å²) in [5.74, 6) is 5.83. The van der Waals surface area contributed by atoms with Gasteiger partial charge >= 0.3 is 0 Å². The van der Waals surface area contributed by atoms with E-state index in [1.54, 1.807) is 29.7 Å². The number of hydrogen-bond acceptors (Lipinski definition) is 5. The number of thiophene rings is 1. The van der Waals surface area contributed by atoms with Crippen molar-refractivity contribution < 1.29 is 4.79 Å². The highest BCUT2D eigenvalue weighted by molar-refractivity contribution is 7.10. The van der Waals surface area contributed by atoms with Crippen LogP contribution >= 0.6 is 11.3 Å². The number of nitrogens with zero attached hydrogens (tertiary/aromatic N) is 2. The Balaban J connectivity index is 1.81. The van der Waals surface area contributed by atoms with Crippen LogP contribution in [0.2, 0.25) is 0 Å². The van der Waals surface area contributed by atoms with Gasteiger partial charge in [-0.2, -0.15) is 0 Å². The van der Waals surface area contributed by atoms with Crippen molar-refractivity contribution in [1.29, 1.82) is 0 Å². The maximum absolute atomic E-state index is 12.4. The zero-order chi connectivity index (χ0) is 13.2. The highest BCUT2D eigenvalue weighted by atomic mass is 32.1. The number of fused-ring (bicyclic) bond motifs is 1. The summed E-state index contributed by atoms with van der Waals surface area (Å²) in [7, 11) is 0. The summed E-state index contributed by atoms with van der Waals surface area (Å²) >= 11 is 1.77. The summed E-state index contributed by atoms with van der Waals surface area (Å²) in [6.45, 7) is 1.45. The lowest BCUT2D eigenvalue weighted by molar-refractivity contribution is 0.0736. The minimum Gasteiger partial charge on any atom is -0.334 e. The van der Waals surface area contributed by atoms with Crippen molar-refractivity contribution >= 4 is 23.1 Å². The van der Waals surface area contributed by atoms with E-state index in [9.17, 15) is 4.79 Å². The van der Waals surface area contributed by atoms with E-state index in [1.807, 2.05) is 4.90 Å². The van der Waals surface area contributed by atoms with Crippen LogP contribution in [0, 0.1) is 0 Å². The fourth-order valence-electron chi connectivity index (χ4n) is 2.25. The smallest absolute Gasteiger partial charge is 0.254 e. The number of carbonyl (C=O) groups excluding carboxylic acids is 1. The van der Waals surface area contributed by atoms with E-state index in [2.05, 4.69) is 21.9 Å². The van der Waals surface area contributed by atoms with Gasteiger partial charge in [0.1, 0.15) is 5.82 Å². The first kappa shape index (κ1) is 12.1. The number of rotatable bonds is 2. The van der Waals surface area contributed by atoms with Gasteiger partial charge in [-0.25, -0.2) is 10.8 Å². The third-order valence-electron chi connectivity index (χ3n) is 3.25. The van der Waals surface area contributed by atoms with Gasteiger partial charge in [0.05, 0.1) is 0 Å². The van der Waals surface area contributed by atoms with Gasteiger partial charge < -0.3 is 10.3 Å². The first-order chi connectivity index (χ1) is 9.28. The Kier molecular flexibility index (Phi) is 3.18. The maximum atomic E-state index is 12.4. The Morgan fingerprint density at radius 3 is 3.21 bits per heavy atom. The van der Waals surface area contributed by atoms with Crippen molar-refractivity contribution in [1.82, 2.24) is 9.88 Å². The van der Waals surface area contributed by atoms with E-state index in [0.717, 1.165) is 13.0 Å². The van der Waals surface area contributed by atoms with Crippen molar-refractivity contribution in [3.8, 4) is 0 Å². The number of aromatic nitrogens is 1. The van der Waals surface area contributed by atoms with E-state index in [1.165, 1.54) is 10.4 Å². The molecule has 6 heteroatoms. The molecule has 0 saturated carbocycles. The number of carbonyl (C=O) groups is 1. The topological polar surface area (TPSA) is 71.2 Å². The number of nitrogens with two attached hydrogens (primary N) is 1. The molecule has 0 saturated heterocycles. The third kappa shape index (κ3) is 2.32. The van der Waals surface area contributed by atoms with E-state index in [0.29, 0.717) is 17.9 Å². The predicted octanol–water partition coefficient (Wildman–Crippen LogP) is 1.63. The lowest BCUT2D eigenvalue weighted by Gasteiger charge is -2.27. The molecular weight excluding hydrogens is 260 g/mol. The minimum absolute atomic E-state index is 0.0238. The Labute approximate surface area is 115 Å². The fraction of sp³-hybridized carbons (Fsp3) is 0.231. The molecule has 5 nitrogen and oxygen atoms in total. The van der Waals surface area contributed by atoms with Gasteiger partial charge in [-0.3, -0.25) is 4.79 Å². The molecule has 0 spiro atoms. The number of nitrogens with one attached hydrogen (secondary N) is 1. The molecule has 98 valence electrons. The van der Waals surface area contributed by atoms with E-state index < -0.39 is 0 Å². The van der Waals surface area contributed by atoms with Crippen LogP contribution < -0.4 is 11.3 Å². The molecule has 0 aromatic carbocycles. The molecule has 3 heterocycles. The summed E-state index contributed by atoms with van der Waals surface area (Å²) in [6, 6.07) is 5.48. The fourth-order valence-corrected chi connectivity index (χ4v) is 3.14. The predicted molar refractivity (Wildman–Crippen MR) is 74.8 cm³/mol. The highest BCUT2D eigenvalue weighted by Crippen LogP contribution is 2.25. The van der Waals surface area contributed by atoms with E-state index >= 15 is 0 Å². The molecule has 0 unspecified atom stereocenters. The van der Waals surface area contributed by atoms with Crippen molar-refractivity contribution in [3.05, 3.63) is 45.8 Å². The number of hydrogen-bond donors (Lipinski definition) is 2. The monoisotopic (exact) mass is 274 g/mol. The molecule has 3 rings (SSSR count). The molecule has 1 aliphatic rings. The van der Waals surface area contributed by atoms with Gasteiger partial charge in [0.2, 0.25) is 0 Å². The van der Waals surface area contributed by atoms with Crippen LogP contribution in [0.1, 0.15) is 20.8 Å². The summed E-state index contributed by atoms with van der Waals surface area (Å²) in [4.78, 5) is 19.7. The standard InChI is InChI=1S/C13H14N4OS/c14-16-12-7-9(1-4-15-12)13(18)17-5-2-11-10(8-17)3-6-19-11/h1,3-4,6-7H,2,5,8,14H2,(H,15,16). The molecule has 2 aromatic rings. The quantitative estimate of drug-likeness (QED) is 0.645. The number of pyridine rings is 1. The Hall–Kier alpha value is -1.92. The molecular formula is C13H14N4OS. The van der Waals surface area contributed by atoms with Crippen LogP contribution in [-0.4, -0.2) is 22.3 Å². The average Bonchev–Trinajstić information content (AvgIpc) is 2.94. The van der Waals surface area contributed by atoms with Gasteiger partial charge in [-0.1, -0.05) is 0 Å². The molecule has 0 atom stereocenters. The van der Waals surface area contributed by atoms with E-state index in [-0.39, 0.29) is 5.91 Å². The number of amides is 1. The van der Waals surface area contributed by atoms with Gasteiger partial charge in [0.25, 0.3) is 5.91 Å². The lowest BCUT2D eigenvalue weighted by Crippen LogP contribution is -2.35. The Morgan fingerprint density at radius 1 is 1.47 bits per heavy atom. The molecule has 0 radical (unpaired) electrons. The molecule has 0 fully saturated rings. The largest absolute Gasteiger partial charge is 0.334 e. The van der Waals surface area contributed by atoms with Crippen LogP contribution in [0.15, 0.2) is 29.8 Å². The van der Waals surface area contributed by atoms with E-state index in [4.69, 9.17) is 5.84 Å². The second kappa shape index (κ2) is 4.99. The highest BCUT2D eigenvalue weighted by Gasteiger charge is 2.22. The molecule has 1 amide bonds. The van der Waals surface area contributed by atoms with Gasteiger partial charge in [-0.05, 0) is 35.6 Å². The second-order valence-corrected chi connectivity index (χ2v) is 5.42. The second-order valence-electron chi connectivity index (χ2n) is 4.42. The summed E-state index contributed by atoms with van der Waals surface area (Å²) in [6.07, 6.45) is 2.52. The number of nitrogen functional groups attached to an aromatic ring is 1. The lowest BCUT2D eigenvalue weighted by atomic mass is 10.1. The minimum atomic E-state index is 0.0238. The van der Waals surface area contributed by atoms with Gasteiger partial charge in [0, 0.05) is 29.7 Å². The average molecular weight is 274 g/mol. The van der Waals surface area contributed by atoms with Crippen LogP contribution in [0.3, 0.4) is 0 Å². The number of hydrazine groups is 1. The SMILES string of the molecule is NNc1cc(C(=O)N2CCc3sccc3C2)ccn1. The molecule has 3 N–H and O–H groups in total. The molecule has 2 aromatic heterocycles. The Bertz CT molecular complexity index is 610.